The summed E-state index contributed by atoms with van der Waals surface area (Å²) in [5.74, 6) is 0.297. The smallest absolute Gasteiger partial charge is 0.332 e. The molecule has 2 aromatic rings. The molecule has 2 aromatic carbocycles. The highest BCUT2D eigenvalue weighted by Gasteiger charge is 2.46. The van der Waals surface area contributed by atoms with Gasteiger partial charge in [0, 0.05) is 12.2 Å². The molecular weight excluding hydrogens is 382 g/mol. The number of hydrogen-bond donors (Lipinski definition) is 1. The van der Waals surface area contributed by atoms with Crippen LogP contribution in [0.4, 0.5) is 16.2 Å². The molecule has 0 spiro atoms. The van der Waals surface area contributed by atoms with Crippen molar-refractivity contribution in [2.24, 2.45) is 5.92 Å². The summed E-state index contributed by atoms with van der Waals surface area (Å²) in [4.78, 5) is 41.5. The van der Waals surface area contributed by atoms with Gasteiger partial charge in [-0.3, -0.25) is 9.59 Å². The lowest BCUT2D eigenvalue weighted by atomic mass is 10.1. The number of nitrogens with one attached hydrogen (secondary N) is 1. The van der Waals surface area contributed by atoms with Gasteiger partial charge in [0.15, 0.2) is 0 Å². The number of benzene rings is 2. The van der Waals surface area contributed by atoms with E-state index < -0.39 is 18.0 Å². The van der Waals surface area contributed by atoms with E-state index in [4.69, 9.17) is 4.74 Å². The van der Waals surface area contributed by atoms with E-state index in [-0.39, 0.29) is 12.3 Å². The SMILES string of the molecule is COc1ccc(N2C(=O)C(CC(=O)Nc3ccccc3)N(CCC(C)C)C2=O)cc1. The number of hydrogen-bond acceptors (Lipinski definition) is 4. The first-order chi connectivity index (χ1) is 14.4. The molecule has 7 heteroatoms. The summed E-state index contributed by atoms with van der Waals surface area (Å²) < 4.78 is 5.15. The topological polar surface area (TPSA) is 79.0 Å². The number of para-hydroxylation sites is 1. The summed E-state index contributed by atoms with van der Waals surface area (Å²) in [6.45, 7) is 4.53. The van der Waals surface area contributed by atoms with Gasteiger partial charge in [0.1, 0.15) is 11.8 Å². The third kappa shape index (κ3) is 4.79. The molecule has 0 aromatic heterocycles. The number of rotatable bonds is 8. The molecule has 1 atom stereocenters. The second kappa shape index (κ2) is 9.43. The molecule has 7 nitrogen and oxygen atoms in total. The van der Waals surface area contributed by atoms with E-state index >= 15 is 0 Å². The van der Waals surface area contributed by atoms with Crippen LogP contribution in [0.25, 0.3) is 0 Å². The van der Waals surface area contributed by atoms with E-state index in [9.17, 15) is 14.4 Å². The minimum Gasteiger partial charge on any atom is -0.497 e. The van der Waals surface area contributed by atoms with Crippen molar-refractivity contribution in [3.05, 3.63) is 54.6 Å². The summed E-state index contributed by atoms with van der Waals surface area (Å²) in [6, 6.07) is 14.6. The third-order valence-corrected chi connectivity index (χ3v) is 5.03. The van der Waals surface area contributed by atoms with Crippen LogP contribution < -0.4 is 15.0 Å². The zero-order valence-corrected chi connectivity index (χ0v) is 17.5. The molecule has 0 aliphatic carbocycles. The fourth-order valence-electron chi connectivity index (χ4n) is 3.36. The van der Waals surface area contributed by atoms with Crippen molar-refractivity contribution in [1.82, 2.24) is 4.90 Å². The molecular formula is C23H27N3O4. The van der Waals surface area contributed by atoms with Gasteiger partial charge in [0.05, 0.1) is 19.2 Å². The van der Waals surface area contributed by atoms with Crippen LogP contribution in [-0.4, -0.2) is 42.4 Å². The number of carbonyl (C=O) groups is 3. The van der Waals surface area contributed by atoms with Crippen molar-refractivity contribution >= 4 is 29.2 Å². The molecule has 30 heavy (non-hydrogen) atoms. The molecule has 1 unspecified atom stereocenters. The Hall–Kier alpha value is -3.35. The van der Waals surface area contributed by atoms with Gasteiger partial charge in [-0.05, 0) is 48.7 Å². The van der Waals surface area contributed by atoms with E-state index in [0.717, 1.165) is 11.3 Å². The van der Waals surface area contributed by atoms with Gasteiger partial charge < -0.3 is 15.0 Å². The predicted octanol–water partition coefficient (Wildman–Crippen LogP) is 3.91. The van der Waals surface area contributed by atoms with Gasteiger partial charge in [0.2, 0.25) is 5.91 Å². The van der Waals surface area contributed by atoms with Gasteiger partial charge in [-0.2, -0.15) is 0 Å². The molecule has 1 N–H and O–H groups in total. The quantitative estimate of drug-likeness (QED) is 0.671. The zero-order chi connectivity index (χ0) is 21.7. The maximum atomic E-state index is 13.2. The molecule has 1 heterocycles. The van der Waals surface area contributed by atoms with Crippen LogP contribution in [0.2, 0.25) is 0 Å². The van der Waals surface area contributed by atoms with Gasteiger partial charge >= 0.3 is 6.03 Å². The van der Waals surface area contributed by atoms with Gasteiger partial charge in [0.25, 0.3) is 5.91 Å². The van der Waals surface area contributed by atoms with E-state index in [0.29, 0.717) is 29.6 Å². The first-order valence-electron chi connectivity index (χ1n) is 10.0. The number of methoxy groups -OCH3 is 1. The highest BCUT2D eigenvalue weighted by Crippen LogP contribution is 2.29. The van der Waals surface area contributed by atoms with Crippen molar-refractivity contribution in [1.29, 1.82) is 0 Å². The highest BCUT2D eigenvalue weighted by molar-refractivity contribution is 6.22. The Labute approximate surface area is 176 Å². The number of imide groups is 1. The van der Waals surface area contributed by atoms with Crippen LogP contribution in [0.3, 0.4) is 0 Å². The largest absolute Gasteiger partial charge is 0.497 e. The first kappa shape index (κ1) is 21.4. The molecule has 0 saturated carbocycles. The standard InChI is InChI=1S/C23H27N3O4/c1-16(2)13-14-25-20(15-21(27)24-17-7-5-4-6-8-17)22(28)26(23(25)29)18-9-11-19(30-3)12-10-18/h4-12,16,20H,13-15H2,1-3H3,(H,24,27). The fourth-order valence-corrected chi connectivity index (χ4v) is 3.36. The average molecular weight is 409 g/mol. The Morgan fingerprint density at radius 1 is 1.07 bits per heavy atom. The lowest BCUT2D eigenvalue weighted by Crippen LogP contribution is -2.39. The lowest BCUT2D eigenvalue weighted by molar-refractivity contribution is -0.124. The molecule has 3 rings (SSSR count). The van der Waals surface area contributed by atoms with E-state index in [1.807, 2.05) is 18.2 Å². The van der Waals surface area contributed by atoms with Crippen LogP contribution in [0, 0.1) is 5.92 Å². The van der Waals surface area contributed by atoms with Crippen molar-refractivity contribution in [3.63, 3.8) is 0 Å². The number of anilines is 2. The first-order valence-corrected chi connectivity index (χ1v) is 10.0. The van der Waals surface area contributed by atoms with E-state index in [2.05, 4.69) is 19.2 Å². The molecule has 0 bridgehead atoms. The predicted molar refractivity (Wildman–Crippen MR) is 116 cm³/mol. The number of nitrogens with zero attached hydrogens (tertiary/aromatic N) is 2. The van der Waals surface area contributed by atoms with Crippen LogP contribution in [0.5, 0.6) is 5.75 Å². The molecule has 1 fully saturated rings. The lowest BCUT2D eigenvalue weighted by Gasteiger charge is -2.22. The summed E-state index contributed by atoms with van der Waals surface area (Å²) in [6.07, 6.45) is 0.649. The van der Waals surface area contributed by atoms with Crippen LogP contribution in [-0.2, 0) is 9.59 Å². The van der Waals surface area contributed by atoms with Crippen LogP contribution >= 0.6 is 0 Å². The number of ether oxygens (including phenoxy) is 1. The Balaban J connectivity index is 1.81. The molecule has 4 amide bonds. The van der Waals surface area contributed by atoms with Crippen LogP contribution in [0.15, 0.2) is 54.6 Å². The monoisotopic (exact) mass is 409 g/mol. The Morgan fingerprint density at radius 2 is 1.73 bits per heavy atom. The van der Waals surface area contributed by atoms with Crippen LogP contribution in [0.1, 0.15) is 26.7 Å². The minimum atomic E-state index is -0.831. The fraction of sp³-hybridized carbons (Fsp3) is 0.348. The zero-order valence-electron chi connectivity index (χ0n) is 17.5. The second-order valence-electron chi connectivity index (χ2n) is 7.66. The molecule has 1 aliphatic rings. The summed E-state index contributed by atoms with van der Waals surface area (Å²) >= 11 is 0. The number of amides is 4. The molecule has 1 aliphatic heterocycles. The molecule has 158 valence electrons. The Kier molecular flexibility index (Phi) is 6.72. The van der Waals surface area contributed by atoms with E-state index in [1.165, 1.54) is 4.90 Å². The van der Waals surface area contributed by atoms with Crippen molar-refractivity contribution in [2.45, 2.75) is 32.7 Å². The van der Waals surface area contributed by atoms with Crippen molar-refractivity contribution in [2.75, 3.05) is 23.9 Å². The second-order valence-corrected chi connectivity index (χ2v) is 7.66. The minimum absolute atomic E-state index is 0.0930. The summed E-state index contributed by atoms with van der Waals surface area (Å²) in [5.41, 5.74) is 1.12. The number of urea groups is 1. The Morgan fingerprint density at radius 3 is 2.33 bits per heavy atom. The number of carbonyl (C=O) groups excluding carboxylic acids is 3. The highest BCUT2D eigenvalue weighted by atomic mass is 16.5. The van der Waals surface area contributed by atoms with Gasteiger partial charge in [-0.15, -0.1) is 0 Å². The average Bonchev–Trinajstić information content (AvgIpc) is 2.96. The maximum Gasteiger partial charge on any atom is 0.332 e. The molecule has 1 saturated heterocycles. The third-order valence-electron chi connectivity index (χ3n) is 5.03. The van der Waals surface area contributed by atoms with E-state index in [1.54, 1.807) is 43.5 Å². The van der Waals surface area contributed by atoms with Gasteiger partial charge in [-0.25, -0.2) is 9.69 Å². The summed E-state index contributed by atoms with van der Waals surface area (Å²) in [5, 5.41) is 2.80. The van der Waals surface area contributed by atoms with Gasteiger partial charge in [-0.1, -0.05) is 32.0 Å². The Bertz CT molecular complexity index is 896. The maximum absolute atomic E-state index is 13.2. The summed E-state index contributed by atoms with van der Waals surface area (Å²) in [7, 11) is 1.55. The van der Waals surface area contributed by atoms with Crippen molar-refractivity contribution in [3.8, 4) is 5.75 Å². The van der Waals surface area contributed by atoms with Crippen molar-refractivity contribution < 1.29 is 19.1 Å². The molecule has 0 radical (unpaired) electrons. The normalized spacial score (nSPS) is 16.3.